The van der Waals surface area contributed by atoms with Crippen LogP contribution in [-0.4, -0.2) is 23.9 Å². The number of hydrogen-bond donors (Lipinski definition) is 0. The van der Waals surface area contributed by atoms with Crippen LogP contribution in [0.25, 0.3) is 0 Å². The Bertz CT molecular complexity index is 969. The predicted molar refractivity (Wildman–Crippen MR) is 115 cm³/mol. The van der Waals surface area contributed by atoms with Crippen molar-refractivity contribution in [1.29, 1.82) is 0 Å². The van der Waals surface area contributed by atoms with Crippen molar-refractivity contribution >= 4 is 23.1 Å². The molecule has 0 fully saturated rings. The molecule has 4 rings (SSSR count). The van der Waals surface area contributed by atoms with E-state index in [2.05, 4.69) is 34.1 Å². The van der Waals surface area contributed by atoms with Crippen molar-refractivity contribution in [2.75, 3.05) is 18.1 Å². The van der Waals surface area contributed by atoms with Crippen LogP contribution < -0.4 is 4.90 Å². The van der Waals surface area contributed by atoms with Gasteiger partial charge in [0.1, 0.15) is 0 Å². The number of rotatable bonds is 5. The molecule has 3 aromatic rings. The maximum atomic E-state index is 13.1. The highest BCUT2D eigenvalue weighted by Gasteiger charge is 2.24. The molecule has 1 aliphatic heterocycles. The van der Waals surface area contributed by atoms with E-state index in [0.717, 1.165) is 24.5 Å². The van der Waals surface area contributed by atoms with Crippen LogP contribution >= 0.6 is 11.6 Å². The first-order valence-corrected chi connectivity index (χ1v) is 9.66. The van der Waals surface area contributed by atoms with Crippen LogP contribution in [0.5, 0.6) is 0 Å². The van der Waals surface area contributed by atoms with Crippen molar-refractivity contribution in [2.45, 2.75) is 6.54 Å². The molecule has 1 aliphatic rings. The van der Waals surface area contributed by atoms with Crippen LogP contribution in [0.3, 0.4) is 0 Å². The summed E-state index contributed by atoms with van der Waals surface area (Å²) in [7, 11) is 0. The predicted octanol–water partition coefficient (Wildman–Crippen LogP) is 5.39. The normalized spacial score (nSPS) is 14.6. The molecule has 4 heteroatoms. The van der Waals surface area contributed by atoms with Crippen LogP contribution in [0.4, 0.5) is 5.69 Å². The fourth-order valence-electron chi connectivity index (χ4n) is 3.42. The van der Waals surface area contributed by atoms with Gasteiger partial charge in [-0.1, -0.05) is 60.1 Å². The lowest BCUT2D eigenvalue weighted by Crippen LogP contribution is -2.41. The van der Waals surface area contributed by atoms with Gasteiger partial charge in [-0.25, -0.2) is 0 Å². The topological polar surface area (TPSA) is 23.6 Å². The molecule has 28 heavy (non-hydrogen) atoms. The second kappa shape index (κ2) is 8.42. The third-order valence-corrected chi connectivity index (χ3v) is 5.04. The summed E-state index contributed by atoms with van der Waals surface area (Å²) >= 11 is 5.98. The molecule has 3 aromatic carbocycles. The van der Waals surface area contributed by atoms with Gasteiger partial charge in [0, 0.05) is 41.1 Å². The molecule has 0 radical (unpaired) electrons. The quantitative estimate of drug-likeness (QED) is 0.548. The number of Topliss-reactive ketones (excluding diaryl/α,β-unsaturated/α-hetero) is 1. The molecule has 140 valence electrons. The molecular formula is C24H21ClN2O. The molecule has 0 amide bonds. The van der Waals surface area contributed by atoms with Gasteiger partial charge in [0.2, 0.25) is 0 Å². The molecule has 3 nitrogen and oxygen atoms in total. The van der Waals surface area contributed by atoms with E-state index >= 15 is 0 Å². The van der Waals surface area contributed by atoms with E-state index in [4.69, 9.17) is 11.6 Å². The minimum Gasteiger partial charge on any atom is -0.334 e. The van der Waals surface area contributed by atoms with E-state index in [1.807, 2.05) is 42.6 Å². The fraction of sp³-hybridized carbons (Fsp3) is 0.125. The van der Waals surface area contributed by atoms with Gasteiger partial charge in [-0.3, -0.25) is 9.69 Å². The molecule has 0 aliphatic carbocycles. The smallest absolute Gasteiger partial charge is 0.191 e. The van der Waals surface area contributed by atoms with E-state index < -0.39 is 0 Å². The van der Waals surface area contributed by atoms with Gasteiger partial charge in [0.05, 0.1) is 6.67 Å². The first kappa shape index (κ1) is 18.5. The van der Waals surface area contributed by atoms with E-state index in [9.17, 15) is 4.79 Å². The summed E-state index contributed by atoms with van der Waals surface area (Å²) in [4.78, 5) is 17.5. The zero-order chi connectivity index (χ0) is 19.3. The minimum absolute atomic E-state index is 0.0374. The number of ketones is 1. The summed E-state index contributed by atoms with van der Waals surface area (Å²) in [6, 6.07) is 27.6. The van der Waals surface area contributed by atoms with Gasteiger partial charge >= 0.3 is 0 Å². The molecule has 0 bridgehead atoms. The fourth-order valence-corrected chi connectivity index (χ4v) is 3.54. The average molecular weight is 389 g/mol. The Morgan fingerprint density at radius 2 is 1.50 bits per heavy atom. The van der Waals surface area contributed by atoms with E-state index in [1.54, 1.807) is 24.3 Å². The minimum atomic E-state index is 0.0374. The van der Waals surface area contributed by atoms with Gasteiger partial charge in [-0.2, -0.15) is 0 Å². The molecule has 0 saturated carbocycles. The van der Waals surface area contributed by atoms with Crippen molar-refractivity contribution in [3.63, 3.8) is 0 Å². The summed E-state index contributed by atoms with van der Waals surface area (Å²) in [5, 5.41) is 0.630. The van der Waals surface area contributed by atoms with Crippen molar-refractivity contribution in [3.05, 3.63) is 113 Å². The lowest BCUT2D eigenvalue weighted by Gasteiger charge is -2.35. The highest BCUT2D eigenvalue weighted by molar-refractivity contribution is 6.30. The van der Waals surface area contributed by atoms with Crippen molar-refractivity contribution < 1.29 is 4.79 Å². The van der Waals surface area contributed by atoms with Crippen LogP contribution in [0.15, 0.2) is 96.7 Å². The molecular weight excluding hydrogens is 368 g/mol. The van der Waals surface area contributed by atoms with Gasteiger partial charge in [0.15, 0.2) is 5.78 Å². The number of carbonyl (C=O) groups is 1. The lowest BCUT2D eigenvalue weighted by atomic mass is 10.0. The van der Waals surface area contributed by atoms with Crippen LogP contribution in [-0.2, 0) is 6.54 Å². The van der Waals surface area contributed by atoms with Gasteiger partial charge in [0.25, 0.3) is 0 Å². The SMILES string of the molecule is O=C(C1=CN(c2ccccc2)CN(Cc2ccccc2)C1)c1ccc(Cl)cc1. The second-order valence-electron chi connectivity index (χ2n) is 6.91. The first-order valence-electron chi connectivity index (χ1n) is 9.28. The van der Waals surface area contributed by atoms with Gasteiger partial charge in [-0.05, 0) is 42.0 Å². The summed E-state index contributed by atoms with van der Waals surface area (Å²) in [6.07, 6.45) is 1.98. The third-order valence-electron chi connectivity index (χ3n) is 4.79. The second-order valence-corrected chi connectivity index (χ2v) is 7.35. The molecule has 0 aromatic heterocycles. The molecule has 0 N–H and O–H groups in total. The zero-order valence-electron chi connectivity index (χ0n) is 15.5. The van der Waals surface area contributed by atoms with Gasteiger partial charge < -0.3 is 4.90 Å². The summed E-state index contributed by atoms with van der Waals surface area (Å²) in [6.45, 7) is 2.13. The summed E-state index contributed by atoms with van der Waals surface area (Å²) in [5.41, 5.74) is 3.73. The highest BCUT2D eigenvalue weighted by atomic mass is 35.5. The van der Waals surface area contributed by atoms with Crippen LogP contribution in [0, 0.1) is 0 Å². The number of anilines is 1. The molecule has 0 atom stereocenters. The number of benzene rings is 3. The van der Waals surface area contributed by atoms with E-state index in [1.165, 1.54) is 5.56 Å². The number of hydrogen-bond acceptors (Lipinski definition) is 3. The standard InChI is InChI=1S/C24H21ClN2O/c25-22-13-11-20(12-14-22)24(28)21-16-26(15-19-7-3-1-4-8-19)18-27(17-21)23-9-5-2-6-10-23/h1-14,17H,15-16,18H2. The third kappa shape index (κ3) is 4.33. The largest absolute Gasteiger partial charge is 0.334 e. The van der Waals surface area contributed by atoms with Crippen molar-refractivity contribution in [2.24, 2.45) is 0 Å². The van der Waals surface area contributed by atoms with Crippen LogP contribution in [0.1, 0.15) is 15.9 Å². The Morgan fingerprint density at radius 3 is 2.18 bits per heavy atom. The Hall–Kier alpha value is -2.88. The van der Waals surface area contributed by atoms with Gasteiger partial charge in [-0.15, -0.1) is 0 Å². The Kier molecular flexibility index (Phi) is 5.56. The van der Waals surface area contributed by atoms with Crippen molar-refractivity contribution in [1.82, 2.24) is 4.90 Å². The maximum absolute atomic E-state index is 13.1. The monoisotopic (exact) mass is 388 g/mol. The Balaban J connectivity index is 1.63. The molecule has 1 heterocycles. The Labute approximate surface area is 170 Å². The van der Waals surface area contributed by atoms with Crippen LogP contribution in [0.2, 0.25) is 5.02 Å². The number of nitrogens with zero attached hydrogens (tertiary/aromatic N) is 2. The average Bonchev–Trinajstić information content (AvgIpc) is 2.75. The Morgan fingerprint density at radius 1 is 0.857 bits per heavy atom. The number of carbonyl (C=O) groups excluding carboxylic acids is 1. The molecule has 0 unspecified atom stereocenters. The van der Waals surface area contributed by atoms with E-state index in [0.29, 0.717) is 17.1 Å². The van der Waals surface area contributed by atoms with Crippen molar-refractivity contribution in [3.8, 4) is 0 Å². The first-order chi connectivity index (χ1) is 13.7. The molecule has 0 saturated heterocycles. The molecule has 0 spiro atoms. The number of halogens is 1. The maximum Gasteiger partial charge on any atom is 0.191 e. The zero-order valence-corrected chi connectivity index (χ0v) is 16.2. The highest BCUT2D eigenvalue weighted by Crippen LogP contribution is 2.23. The summed E-state index contributed by atoms with van der Waals surface area (Å²) in [5.74, 6) is 0.0374. The van der Waals surface area contributed by atoms with E-state index in [-0.39, 0.29) is 5.78 Å². The lowest BCUT2D eigenvalue weighted by molar-refractivity contribution is 0.101. The summed E-state index contributed by atoms with van der Waals surface area (Å²) < 4.78 is 0. The number of para-hydroxylation sites is 1.